The average Bonchev–Trinajstić information content (AvgIpc) is 2.61. The topological polar surface area (TPSA) is 66.5 Å². The van der Waals surface area contributed by atoms with Crippen LogP contribution in [-0.4, -0.2) is 32.3 Å². The second-order valence-corrected chi connectivity index (χ2v) is 8.02. The van der Waals surface area contributed by atoms with Gasteiger partial charge in [-0.15, -0.1) is 0 Å². The highest BCUT2D eigenvalue weighted by atomic mass is 35.5. The van der Waals surface area contributed by atoms with Crippen molar-refractivity contribution in [2.24, 2.45) is 0 Å². The van der Waals surface area contributed by atoms with Gasteiger partial charge in [-0.1, -0.05) is 37.6 Å². The lowest BCUT2D eigenvalue weighted by Gasteiger charge is -2.23. The van der Waals surface area contributed by atoms with Gasteiger partial charge in [0.2, 0.25) is 0 Å². The van der Waals surface area contributed by atoms with Crippen LogP contribution in [0.15, 0.2) is 53.4 Å². The van der Waals surface area contributed by atoms with Gasteiger partial charge in [0.1, 0.15) is 0 Å². The zero-order valence-corrected chi connectivity index (χ0v) is 16.5. The van der Waals surface area contributed by atoms with Crippen LogP contribution in [-0.2, 0) is 10.0 Å². The summed E-state index contributed by atoms with van der Waals surface area (Å²) in [7, 11) is -3.82. The molecule has 2 rings (SSSR count). The molecule has 5 nitrogen and oxygen atoms in total. The third-order valence-corrected chi connectivity index (χ3v) is 5.43. The first-order valence-electron chi connectivity index (χ1n) is 8.55. The number of hydrogen-bond acceptors (Lipinski definition) is 3. The molecule has 0 radical (unpaired) electrons. The number of carbonyl (C=O) groups is 1. The van der Waals surface area contributed by atoms with Crippen molar-refractivity contribution in [2.45, 2.75) is 31.6 Å². The Hall–Kier alpha value is -2.05. The summed E-state index contributed by atoms with van der Waals surface area (Å²) >= 11 is 5.82. The molecule has 0 heterocycles. The standard InChI is InChI=1S/C19H23ClN2O3S/c1-3-13-22(14-4-2)19(23)17-7-5-6-8-18(17)21-26(24,25)16-11-9-15(20)10-12-16/h5-12,21H,3-4,13-14H2,1-2H3. The van der Waals surface area contributed by atoms with E-state index in [1.807, 2.05) is 13.8 Å². The molecular weight excluding hydrogens is 372 g/mol. The molecule has 0 fully saturated rings. The minimum atomic E-state index is -3.82. The SMILES string of the molecule is CCCN(CCC)C(=O)c1ccccc1NS(=O)(=O)c1ccc(Cl)cc1. The minimum absolute atomic E-state index is 0.0862. The molecule has 0 spiro atoms. The summed E-state index contributed by atoms with van der Waals surface area (Å²) in [6, 6.07) is 12.5. The number of benzene rings is 2. The Balaban J connectivity index is 2.33. The molecule has 2 aromatic rings. The molecule has 26 heavy (non-hydrogen) atoms. The van der Waals surface area contributed by atoms with E-state index in [1.54, 1.807) is 29.2 Å². The smallest absolute Gasteiger partial charge is 0.261 e. The number of anilines is 1. The third-order valence-electron chi connectivity index (χ3n) is 3.80. The van der Waals surface area contributed by atoms with Crippen molar-refractivity contribution in [3.05, 3.63) is 59.1 Å². The van der Waals surface area contributed by atoms with Crippen LogP contribution in [0.4, 0.5) is 5.69 Å². The summed E-state index contributed by atoms with van der Waals surface area (Å²) in [4.78, 5) is 14.7. The number of para-hydroxylation sites is 1. The molecule has 1 amide bonds. The van der Waals surface area contributed by atoms with Gasteiger partial charge in [0.05, 0.1) is 16.1 Å². The molecule has 0 saturated heterocycles. The van der Waals surface area contributed by atoms with Crippen LogP contribution in [0, 0.1) is 0 Å². The Labute approximate surface area is 160 Å². The summed E-state index contributed by atoms with van der Waals surface area (Å²) in [6.45, 7) is 5.27. The van der Waals surface area contributed by atoms with Gasteiger partial charge in [-0.3, -0.25) is 9.52 Å². The molecule has 0 aliphatic carbocycles. The summed E-state index contributed by atoms with van der Waals surface area (Å²) in [5.74, 6) is -0.178. The van der Waals surface area contributed by atoms with Gasteiger partial charge in [-0.25, -0.2) is 8.42 Å². The van der Waals surface area contributed by atoms with E-state index >= 15 is 0 Å². The van der Waals surface area contributed by atoms with E-state index in [0.29, 0.717) is 23.7 Å². The number of nitrogens with one attached hydrogen (secondary N) is 1. The zero-order chi connectivity index (χ0) is 19.2. The number of carbonyl (C=O) groups excluding carboxylic acids is 1. The number of hydrogen-bond donors (Lipinski definition) is 1. The number of halogens is 1. The lowest BCUT2D eigenvalue weighted by molar-refractivity contribution is 0.0756. The maximum Gasteiger partial charge on any atom is 0.261 e. The van der Waals surface area contributed by atoms with E-state index in [4.69, 9.17) is 11.6 Å². The fourth-order valence-corrected chi connectivity index (χ4v) is 3.81. The first kappa shape index (κ1) is 20.3. The Bertz CT molecular complexity index is 845. The van der Waals surface area contributed by atoms with Crippen molar-refractivity contribution in [1.29, 1.82) is 0 Å². The van der Waals surface area contributed by atoms with E-state index in [-0.39, 0.29) is 16.5 Å². The van der Waals surface area contributed by atoms with E-state index in [2.05, 4.69) is 4.72 Å². The van der Waals surface area contributed by atoms with E-state index in [1.165, 1.54) is 24.3 Å². The average molecular weight is 395 g/mol. The third kappa shape index (κ3) is 4.99. The summed E-state index contributed by atoms with van der Waals surface area (Å²) < 4.78 is 27.8. The van der Waals surface area contributed by atoms with Crippen molar-refractivity contribution in [3.63, 3.8) is 0 Å². The molecule has 0 atom stereocenters. The molecule has 0 saturated carbocycles. The van der Waals surface area contributed by atoms with Gasteiger partial charge >= 0.3 is 0 Å². The zero-order valence-electron chi connectivity index (χ0n) is 14.9. The lowest BCUT2D eigenvalue weighted by Crippen LogP contribution is -2.33. The molecule has 0 aliphatic heterocycles. The number of amides is 1. The first-order valence-corrected chi connectivity index (χ1v) is 10.4. The van der Waals surface area contributed by atoms with E-state index in [9.17, 15) is 13.2 Å². The highest BCUT2D eigenvalue weighted by Gasteiger charge is 2.21. The molecule has 1 N–H and O–H groups in total. The quantitative estimate of drug-likeness (QED) is 0.721. The molecule has 0 bridgehead atoms. The molecule has 0 aromatic heterocycles. The molecular formula is C19H23ClN2O3S. The normalized spacial score (nSPS) is 11.2. The van der Waals surface area contributed by atoms with Gasteiger partial charge in [0.25, 0.3) is 15.9 Å². The fraction of sp³-hybridized carbons (Fsp3) is 0.316. The Morgan fingerprint density at radius 1 is 1.00 bits per heavy atom. The fourth-order valence-electron chi connectivity index (χ4n) is 2.60. The van der Waals surface area contributed by atoms with Crippen LogP contribution in [0.1, 0.15) is 37.0 Å². The van der Waals surface area contributed by atoms with Crippen LogP contribution in [0.2, 0.25) is 5.02 Å². The highest BCUT2D eigenvalue weighted by Crippen LogP contribution is 2.22. The first-order chi connectivity index (χ1) is 12.4. The van der Waals surface area contributed by atoms with Crippen LogP contribution < -0.4 is 4.72 Å². The number of sulfonamides is 1. The highest BCUT2D eigenvalue weighted by molar-refractivity contribution is 7.92. The Morgan fingerprint density at radius 2 is 1.58 bits per heavy atom. The van der Waals surface area contributed by atoms with Crippen molar-refractivity contribution in [1.82, 2.24) is 4.90 Å². The van der Waals surface area contributed by atoms with Crippen molar-refractivity contribution >= 4 is 33.2 Å². The number of rotatable bonds is 8. The van der Waals surface area contributed by atoms with Gasteiger partial charge in [0.15, 0.2) is 0 Å². The van der Waals surface area contributed by atoms with Crippen LogP contribution in [0.25, 0.3) is 0 Å². The van der Waals surface area contributed by atoms with Crippen LogP contribution in [0.3, 0.4) is 0 Å². The minimum Gasteiger partial charge on any atom is -0.339 e. The van der Waals surface area contributed by atoms with Crippen LogP contribution >= 0.6 is 11.6 Å². The Morgan fingerprint density at radius 3 is 2.15 bits per heavy atom. The number of nitrogens with zero attached hydrogens (tertiary/aromatic N) is 1. The molecule has 2 aromatic carbocycles. The second-order valence-electron chi connectivity index (χ2n) is 5.90. The monoisotopic (exact) mass is 394 g/mol. The predicted molar refractivity (Wildman–Crippen MR) is 105 cm³/mol. The molecule has 7 heteroatoms. The maximum absolute atomic E-state index is 12.9. The Kier molecular flexibility index (Phi) is 7.06. The second kappa shape index (κ2) is 9.05. The molecule has 0 unspecified atom stereocenters. The lowest BCUT2D eigenvalue weighted by atomic mass is 10.1. The van der Waals surface area contributed by atoms with Crippen molar-refractivity contribution < 1.29 is 13.2 Å². The van der Waals surface area contributed by atoms with Crippen LogP contribution in [0.5, 0.6) is 0 Å². The predicted octanol–water partition coefficient (Wildman–Crippen LogP) is 4.40. The maximum atomic E-state index is 12.9. The van der Waals surface area contributed by atoms with Gasteiger partial charge in [-0.05, 0) is 49.2 Å². The van der Waals surface area contributed by atoms with Gasteiger partial charge < -0.3 is 4.90 Å². The summed E-state index contributed by atoms with van der Waals surface area (Å²) in [5, 5.41) is 0.453. The van der Waals surface area contributed by atoms with Gasteiger partial charge in [-0.2, -0.15) is 0 Å². The summed E-state index contributed by atoms with van der Waals surface area (Å²) in [6.07, 6.45) is 1.68. The van der Waals surface area contributed by atoms with Crippen molar-refractivity contribution in [2.75, 3.05) is 17.8 Å². The van der Waals surface area contributed by atoms with E-state index < -0.39 is 10.0 Å². The molecule has 0 aliphatic rings. The van der Waals surface area contributed by atoms with E-state index in [0.717, 1.165) is 12.8 Å². The van der Waals surface area contributed by atoms with Gasteiger partial charge in [0, 0.05) is 18.1 Å². The van der Waals surface area contributed by atoms with Crippen molar-refractivity contribution in [3.8, 4) is 0 Å². The molecule has 140 valence electrons. The summed E-state index contributed by atoms with van der Waals surface area (Å²) in [5.41, 5.74) is 0.608. The largest absolute Gasteiger partial charge is 0.339 e.